The second kappa shape index (κ2) is 7.67. The first-order valence-corrected chi connectivity index (χ1v) is 9.58. The van der Waals surface area contributed by atoms with E-state index in [1.165, 1.54) is 16.8 Å². The fourth-order valence-corrected chi connectivity index (χ4v) is 3.76. The normalized spacial score (nSPS) is 14.1. The molecule has 1 aliphatic rings. The smallest absolute Gasteiger partial charge is 0.247 e. The molecule has 148 valence electrons. The fraction of sp³-hybridized carbons (Fsp3) is 0.429. The molecule has 7 nitrogen and oxygen atoms in total. The van der Waals surface area contributed by atoms with Crippen molar-refractivity contribution >= 4 is 0 Å². The summed E-state index contributed by atoms with van der Waals surface area (Å²) in [5.41, 5.74) is 4.50. The van der Waals surface area contributed by atoms with Crippen molar-refractivity contribution in [3.8, 4) is 23.1 Å². The van der Waals surface area contributed by atoms with Gasteiger partial charge in [0.2, 0.25) is 5.89 Å². The van der Waals surface area contributed by atoms with Crippen molar-refractivity contribution in [2.75, 3.05) is 20.3 Å². The largest absolute Gasteiger partial charge is 0.493 e. The molecule has 1 aliphatic heterocycles. The number of aromatic nitrogens is 3. The quantitative estimate of drug-likeness (QED) is 0.651. The maximum absolute atomic E-state index is 5.73. The van der Waals surface area contributed by atoms with Gasteiger partial charge in [0.25, 0.3) is 0 Å². The Balaban J connectivity index is 1.56. The van der Waals surface area contributed by atoms with Gasteiger partial charge in [-0.1, -0.05) is 6.07 Å². The van der Waals surface area contributed by atoms with Crippen LogP contribution in [0.15, 0.2) is 28.8 Å². The van der Waals surface area contributed by atoms with Gasteiger partial charge in [0.1, 0.15) is 5.76 Å². The molecule has 3 heterocycles. The molecule has 0 saturated heterocycles. The molecule has 3 aromatic rings. The summed E-state index contributed by atoms with van der Waals surface area (Å²) in [5.74, 6) is 2.94. The van der Waals surface area contributed by atoms with E-state index in [4.69, 9.17) is 13.9 Å². The summed E-state index contributed by atoms with van der Waals surface area (Å²) in [6.45, 7) is 7.12. The molecule has 0 atom stereocenters. The molecular weight excluding hydrogens is 356 g/mol. The summed E-state index contributed by atoms with van der Waals surface area (Å²) in [6.07, 6.45) is 2.69. The molecule has 1 aromatic carbocycles. The number of aryl methyl sites for hydroxylation is 2. The highest BCUT2D eigenvalue weighted by Crippen LogP contribution is 2.32. The predicted molar refractivity (Wildman–Crippen MR) is 105 cm³/mol. The van der Waals surface area contributed by atoms with Crippen LogP contribution in [0.4, 0.5) is 0 Å². The van der Waals surface area contributed by atoms with Crippen LogP contribution in [0.3, 0.4) is 0 Å². The lowest BCUT2D eigenvalue weighted by atomic mass is 10.0. The highest BCUT2D eigenvalue weighted by Gasteiger charge is 2.26. The van der Waals surface area contributed by atoms with Crippen LogP contribution >= 0.6 is 0 Å². The lowest BCUT2D eigenvalue weighted by Crippen LogP contribution is -2.30. The molecule has 0 amide bonds. The van der Waals surface area contributed by atoms with E-state index >= 15 is 0 Å². The Morgan fingerprint density at radius 2 is 2.11 bits per heavy atom. The van der Waals surface area contributed by atoms with E-state index < -0.39 is 0 Å². The molecule has 0 unspecified atom stereocenters. The van der Waals surface area contributed by atoms with E-state index in [0.29, 0.717) is 12.5 Å². The minimum absolute atomic E-state index is 0.596. The average molecular weight is 382 g/mol. The first kappa shape index (κ1) is 18.6. The second-order valence-electron chi connectivity index (χ2n) is 7.05. The van der Waals surface area contributed by atoms with Crippen molar-refractivity contribution in [2.24, 2.45) is 7.05 Å². The Morgan fingerprint density at radius 1 is 1.25 bits per heavy atom. The van der Waals surface area contributed by atoms with Gasteiger partial charge in [-0.2, -0.15) is 5.10 Å². The van der Waals surface area contributed by atoms with Gasteiger partial charge in [-0.3, -0.25) is 9.58 Å². The maximum atomic E-state index is 5.73. The number of fused-ring (bicyclic) bond motifs is 1. The summed E-state index contributed by atoms with van der Waals surface area (Å²) in [5, 5.41) is 4.67. The van der Waals surface area contributed by atoms with Gasteiger partial charge in [-0.05, 0) is 31.5 Å². The summed E-state index contributed by atoms with van der Waals surface area (Å²) in [4.78, 5) is 6.79. The number of methoxy groups -OCH3 is 1. The van der Waals surface area contributed by atoms with Crippen molar-refractivity contribution in [3.05, 3.63) is 47.0 Å². The lowest BCUT2D eigenvalue weighted by Gasteiger charge is -2.27. The third-order valence-corrected chi connectivity index (χ3v) is 5.08. The molecule has 7 heteroatoms. The van der Waals surface area contributed by atoms with Crippen molar-refractivity contribution in [1.82, 2.24) is 19.7 Å². The van der Waals surface area contributed by atoms with Crippen LogP contribution in [-0.2, 0) is 26.6 Å². The van der Waals surface area contributed by atoms with E-state index in [0.717, 1.165) is 49.0 Å². The van der Waals surface area contributed by atoms with Crippen molar-refractivity contribution in [3.63, 3.8) is 0 Å². The number of nitrogens with zero attached hydrogens (tertiary/aromatic N) is 4. The zero-order valence-corrected chi connectivity index (χ0v) is 16.9. The number of hydrogen-bond donors (Lipinski definition) is 0. The summed E-state index contributed by atoms with van der Waals surface area (Å²) in [7, 11) is 3.67. The third kappa shape index (κ3) is 3.49. The molecule has 2 aromatic heterocycles. The van der Waals surface area contributed by atoms with E-state index in [9.17, 15) is 0 Å². The number of benzene rings is 1. The number of hydrogen-bond acceptors (Lipinski definition) is 6. The molecule has 0 fully saturated rings. The average Bonchev–Trinajstić information content (AvgIpc) is 3.26. The molecule has 0 aliphatic carbocycles. The van der Waals surface area contributed by atoms with Gasteiger partial charge in [0, 0.05) is 44.4 Å². The SMILES string of the molecule is CCOc1ccc(CN2CCc3c(c(-c4ncc(C)o4)nn3C)C2)cc1OC. The highest BCUT2D eigenvalue weighted by atomic mass is 16.5. The van der Waals surface area contributed by atoms with Crippen LogP contribution < -0.4 is 9.47 Å². The number of rotatable bonds is 6. The molecule has 4 rings (SSSR count). The van der Waals surface area contributed by atoms with E-state index in [2.05, 4.69) is 27.1 Å². The molecule has 0 spiro atoms. The van der Waals surface area contributed by atoms with Crippen LogP contribution in [0.2, 0.25) is 0 Å². The van der Waals surface area contributed by atoms with E-state index in [-0.39, 0.29) is 0 Å². The molecular formula is C21H26N4O3. The first-order valence-electron chi connectivity index (χ1n) is 9.58. The van der Waals surface area contributed by atoms with Crippen molar-refractivity contribution < 1.29 is 13.9 Å². The zero-order valence-electron chi connectivity index (χ0n) is 16.9. The number of oxazole rings is 1. The summed E-state index contributed by atoms with van der Waals surface area (Å²) in [6, 6.07) is 6.14. The molecule has 0 bridgehead atoms. The molecule has 0 radical (unpaired) electrons. The highest BCUT2D eigenvalue weighted by molar-refractivity contribution is 5.55. The fourth-order valence-electron chi connectivity index (χ4n) is 3.76. The minimum atomic E-state index is 0.596. The van der Waals surface area contributed by atoms with Crippen LogP contribution in [0.25, 0.3) is 11.6 Å². The Labute approximate surface area is 164 Å². The molecule has 0 N–H and O–H groups in total. The van der Waals surface area contributed by atoms with Gasteiger partial charge in [0.05, 0.1) is 19.9 Å². The van der Waals surface area contributed by atoms with Gasteiger partial charge >= 0.3 is 0 Å². The van der Waals surface area contributed by atoms with Crippen LogP contribution in [0.5, 0.6) is 11.5 Å². The Bertz CT molecular complexity index is 976. The molecule has 28 heavy (non-hydrogen) atoms. The predicted octanol–water partition coefficient (Wildman–Crippen LogP) is 3.35. The Hall–Kier alpha value is -2.80. The summed E-state index contributed by atoms with van der Waals surface area (Å²) >= 11 is 0. The van der Waals surface area contributed by atoms with Crippen molar-refractivity contribution in [1.29, 1.82) is 0 Å². The minimum Gasteiger partial charge on any atom is -0.493 e. The van der Waals surface area contributed by atoms with Gasteiger partial charge in [-0.25, -0.2) is 4.98 Å². The van der Waals surface area contributed by atoms with E-state index in [1.807, 2.05) is 31.6 Å². The van der Waals surface area contributed by atoms with Crippen LogP contribution in [-0.4, -0.2) is 39.9 Å². The maximum Gasteiger partial charge on any atom is 0.247 e. The van der Waals surface area contributed by atoms with Gasteiger partial charge in [-0.15, -0.1) is 0 Å². The molecule has 0 saturated carbocycles. The second-order valence-corrected chi connectivity index (χ2v) is 7.05. The van der Waals surface area contributed by atoms with E-state index in [1.54, 1.807) is 13.3 Å². The van der Waals surface area contributed by atoms with Crippen LogP contribution in [0, 0.1) is 6.92 Å². The topological polar surface area (TPSA) is 65.5 Å². The third-order valence-electron chi connectivity index (χ3n) is 5.08. The summed E-state index contributed by atoms with van der Waals surface area (Å²) < 4.78 is 18.8. The van der Waals surface area contributed by atoms with Gasteiger partial charge < -0.3 is 13.9 Å². The monoisotopic (exact) mass is 382 g/mol. The standard InChI is InChI=1S/C21H26N4O3/c1-5-27-18-7-6-15(10-19(18)26-4)12-25-9-8-17-16(13-25)20(23-24(17)3)21-22-11-14(2)28-21/h6-7,10-11H,5,8-9,12-13H2,1-4H3. The number of ether oxygens (including phenoxy) is 2. The van der Waals surface area contributed by atoms with Crippen LogP contribution in [0.1, 0.15) is 29.5 Å². The Morgan fingerprint density at radius 3 is 2.82 bits per heavy atom. The Kier molecular flexibility index (Phi) is 5.09. The first-order chi connectivity index (χ1) is 13.6. The zero-order chi connectivity index (χ0) is 19.7. The lowest BCUT2D eigenvalue weighted by molar-refractivity contribution is 0.242. The van der Waals surface area contributed by atoms with Gasteiger partial charge in [0.15, 0.2) is 17.2 Å². The van der Waals surface area contributed by atoms with Crippen molar-refractivity contribution in [2.45, 2.75) is 33.4 Å².